The third-order valence-electron chi connectivity index (χ3n) is 7.80. The molecule has 0 saturated carbocycles. The molecule has 66 heavy (non-hydrogen) atoms. The Morgan fingerprint density at radius 1 is 0.530 bits per heavy atom. The van der Waals surface area contributed by atoms with Crippen LogP contribution in [0.3, 0.4) is 0 Å². The molecule has 1 aromatic carbocycles. The zero-order valence-corrected chi connectivity index (χ0v) is 43.3. The Bertz CT molecular complexity index is 1780. The first-order valence-corrected chi connectivity index (χ1v) is 23.0. The predicted octanol–water partition coefficient (Wildman–Crippen LogP) is -3.43. The van der Waals surface area contributed by atoms with E-state index in [4.69, 9.17) is 31.9 Å². The van der Waals surface area contributed by atoms with Crippen molar-refractivity contribution in [1.29, 1.82) is 0 Å². The number of nitrogens with one attached hydrogen (secondary N) is 6. The van der Waals surface area contributed by atoms with Gasteiger partial charge in [0.2, 0.25) is 23.6 Å². The summed E-state index contributed by atoms with van der Waals surface area (Å²) >= 11 is 0. The van der Waals surface area contributed by atoms with Gasteiger partial charge in [-0.15, -0.1) is 0 Å². The summed E-state index contributed by atoms with van der Waals surface area (Å²) in [5, 5.41) is 66.0. The van der Waals surface area contributed by atoms with Crippen LogP contribution in [-0.4, -0.2) is 174 Å². The van der Waals surface area contributed by atoms with Gasteiger partial charge in [-0.1, -0.05) is 49.2 Å². The van der Waals surface area contributed by atoms with Gasteiger partial charge in [0.15, 0.2) is 0 Å². The number of carboxylic acid groups (broad SMARTS) is 6. The first-order chi connectivity index (χ1) is 30.0. The molecule has 6 unspecified atom stereocenters. The molecule has 360 valence electrons. The van der Waals surface area contributed by atoms with Crippen LogP contribution in [0.5, 0.6) is 0 Å². The predicted molar refractivity (Wildman–Crippen MR) is 229 cm³/mol. The van der Waals surface area contributed by atoms with E-state index < -0.39 is 145 Å². The van der Waals surface area contributed by atoms with Crippen LogP contribution in [0.2, 0.25) is 0 Å². The van der Waals surface area contributed by atoms with E-state index in [0.29, 0.717) is 21.6 Å². The fourth-order valence-corrected chi connectivity index (χ4v) is 9.24. The third kappa shape index (κ3) is 27.3. The summed E-state index contributed by atoms with van der Waals surface area (Å²) < 4.78 is 0. The average Bonchev–Trinajstić information content (AvgIpc) is 3.23. The number of amides is 6. The van der Waals surface area contributed by atoms with Gasteiger partial charge in [0.1, 0.15) is 47.8 Å². The van der Waals surface area contributed by atoms with E-state index in [0.717, 1.165) is 27.7 Å². The second-order valence-electron chi connectivity index (χ2n) is 12.8. The van der Waals surface area contributed by atoms with Crippen LogP contribution in [-0.2, 0) is 113 Å². The molecular formula is C34H46N8O18S4Y2. The molecular weight excluding hydrogens is 1110 g/mol. The van der Waals surface area contributed by atoms with Crippen LogP contribution in [0.25, 0.3) is 0 Å². The van der Waals surface area contributed by atoms with Crippen LogP contribution >= 0.6 is 43.2 Å². The van der Waals surface area contributed by atoms with E-state index in [2.05, 4.69) is 31.9 Å². The van der Waals surface area contributed by atoms with Gasteiger partial charge >= 0.3 is 35.8 Å². The van der Waals surface area contributed by atoms with Gasteiger partial charge in [-0.05, 0) is 31.0 Å². The molecule has 0 aliphatic heterocycles. The molecule has 0 aromatic heterocycles. The fourth-order valence-electron chi connectivity index (χ4n) is 4.37. The second-order valence-corrected chi connectivity index (χ2v) is 18.1. The standard InChI is InChI=1S/C34H46N8O18S4.2Y/c35-17(31(53)54)4-6-23(43)41-19(29(51)39-11-25(45)46)13-61-63-21(33(57)58)9-37-27(49)15-2-1-3-16(8-15)28(50)38-10-22(34(59)60)64-62-14-20(30(52)40-12-26(47)48)42-24(44)7-5-18(36)32(55)56;;/h1-3,8,17-22H,4-7,9-14,35-36H2,(H,37,49)(H,38,50)(H,39,51)(H,40,52)(H,41,43)(H,42,44)(H,45,46)(H,47,48)(H,53,54)(H,55,56)(H,57,58)(H,59,60);;. The molecule has 32 heteroatoms. The van der Waals surface area contributed by atoms with Crippen LogP contribution in [0.4, 0.5) is 0 Å². The molecule has 0 aliphatic rings. The Morgan fingerprint density at radius 2 is 0.879 bits per heavy atom. The number of carbonyl (C=O) groups excluding carboxylic acids is 6. The topological polar surface area (TPSA) is 450 Å². The summed E-state index contributed by atoms with van der Waals surface area (Å²) in [6, 6.07) is -0.442. The maximum absolute atomic E-state index is 13.0. The van der Waals surface area contributed by atoms with Crippen LogP contribution in [0.15, 0.2) is 24.3 Å². The van der Waals surface area contributed by atoms with Crippen molar-refractivity contribution in [3.05, 3.63) is 35.4 Å². The molecule has 0 fully saturated rings. The minimum absolute atomic E-state index is 0. The Balaban J connectivity index is 0. The molecule has 16 N–H and O–H groups in total. The number of benzene rings is 1. The molecule has 2 radical (unpaired) electrons. The van der Waals surface area contributed by atoms with Crippen molar-refractivity contribution < 1.29 is 154 Å². The maximum Gasteiger partial charge on any atom is 0.322 e. The Morgan fingerprint density at radius 3 is 1.18 bits per heavy atom. The van der Waals surface area contributed by atoms with Gasteiger partial charge in [0, 0.05) is 114 Å². The van der Waals surface area contributed by atoms with Crippen molar-refractivity contribution in [3.8, 4) is 0 Å². The van der Waals surface area contributed by atoms with Crippen LogP contribution in [0, 0.1) is 0 Å². The van der Waals surface area contributed by atoms with Crippen molar-refractivity contribution in [2.45, 2.75) is 60.4 Å². The smallest absolute Gasteiger partial charge is 0.322 e. The number of aliphatic carboxylic acids is 6. The maximum atomic E-state index is 13.0. The molecule has 6 amide bonds. The summed E-state index contributed by atoms with van der Waals surface area (Å²) in [6.07, 6.45) is -1.35. The Hall–Kier alpha value is -3.61. The SMILES string of the molecule is NC(CCC(=O)NC(CSSC(CNC(=O)c1cccc(C(=O)NCC(SSCC(NC(=O)CCC(N)C(=O)O)C(=O)NCC(=O)O)C(=O)O)c1)C(=O)O)C(=O)NCC(=O)O)C(=O)O.[Y].[Y]. The fraction of sp³-hybridized carbons (Fsp3) is 0.471. The molecule has 1 rings (SSSR count). The first-order valence-electron chi connectivity index (χ1n) is 18.2. The number of carboxylic acids is 6. The van der Waals surface area contributed by atoms with Crippen LogP contribution in [0.1, 0.15) is 46.4 Å². The van der Waals surface area contributed by atoms with E-state index in [1.54, 1.807) is 0 Å². The van der Waals surface area contributed by atoms with Gasteiger partial charge in [-0.3, -0.25) is 57.5 Å². The number of hydrogen-bond acceptors (Lipinski definition) is 18. The van der Waals surface area contributed by atoms with E-state index in [1.807, 2.05) is 0 Å². The number of nitrogens with two attached hydrogens (primary N) is 2. The van der Waals surface area contributed by atoms with Gasteiger partial charge < -0.3 is 74.0 Å². The Kier molecular flexibility index (Phi) is 33.8. The quantitative estimate of drug-likeness (QED) is 0.0312. The van der Waals surface area contributed by atoms with Crippen molar-refractivity contribution in [3.63, 3.8) is 0 Å². The van der Waals surface area contributed by atoms with Crippen molar-refractivity contribution in [2.24, 2.45) is 11.5 Å². The number of rotatable bonds is 32. The molecule has 1 aromatic rings. The molecule has 0 heterocycles. The zero-order chi connectivity index (χ0) is 48.5. The first kappa shape index (κ1) is 64.5. The van der Waals surface area contributed by atoms with Gasteiger partial charge in [0.25, 0.3) is 11.8 Å². The van der Waals surface area contributed by atoms with E-state index in [9.17, 15) is 67.7 Å². The van der Waals surface area contributed by atoms with Gasteiger partial charge in [0.05, 0.1) is 0 Å². The van der Waals surface area contributed by atoms with E-state index in [-0.39, 0.29) is 101 Å². The molecule has 6 atom stereocenters. The molecule has 0 saturated heterocycles. The number of carbonyl (C=O) groups is 12. The van der Waals surface area contributed by atoms with Crippen molar-refractivity contribution >= 4 is 114 Å². The molecule has 0 bridgehead atoms. The van der Waals surface area contributed by atoms with E-state index in [1.165, 1.54) is 18.2 Å². The summed E-state index contributed by atoms with van der Waals surface area (Å²) in [7, 11) is 2.93. The summed E-state index contributed by atoms with van der Waals surface area (Å²) in [5.41, 5.74) is 10.6. The summed E-state index contributed by atoms with van der Waals surface area (Å²) in [6.45, 7) is -2.58. The summed E-state index contributed by atoms with van der Waals surface area (Å²) in [4.78, 5) is 144. The van der Waals surface area contributed by atoms with E-state index >= 15 is 0 Å². The molecule has 26 nitrogen and oxygen atoms in total. The number of hydrogen-bond donors (Lipinski definition) is 14. The van der Waals surface area contributed by atoms with Gasteiger partial charge in [-0.2, -0.15) is 0 Å². The molecule has 0 spiro atoms. The zero-order valence-electron chi connectivity index (χ0n) is 34.4. The molecule has 0 aliphatic carbocycles. The average molecular weight is 1160 g/mol. The van der Waals surface area contributed by atoms with Crippen molar-refractivity contribution in [2.75, 3.05) is 37.7 Å². The second kappa shape index (κ2) is 34.6. The monoisotopic (exact) mass is 1160 g/mol. The van der Waals surface area contributed by atoms with Crippen LogP contribution < -0.4 is 43.4 Å². The van der Waals surface area contributed by atoms with Crippen molar-refractivity contribution in [1.82, 2.24) is 31.9 Å². The largest absolute Gasteiger partial charge is 0.480 e. The van der Waals surface area contributed by atoms with Gasteiger partial charge in [-0.25, -0.2) is 0 Å². The normalized spacial score (nSPS) is 13.1. The third-order valence-corrected chi connectivity index (χ3v) is 13.2. The minimum atomic E-state index is -1.39. The Labute approximate surface area is 440 Å². The summed E-state index contributed by atoms with van der Waals surface area (Å²) in [5.74, 6) is -14.0. The minimum Gasteiger partial charge on any atom is -0.480 e.